The number of anilines is 1. The molecule has 0 aliphatic heterocycles. The van der Waals surface area contributed by atoms with Gasteiger partial charge in [0.25, 0.3) is 0 Å². The molecular weight excluding hydrogens is 232 g/mol. The molecular formula is C7H8N6O2S. The number of hydrogen-bond donors (Lipinski definition) is 1. The summed E-state index contributed by atoms with van der Waals surface area (Å²) in [5.41, 5.74) is 13.8. The van der Waals surface area contributed by atoms with Crippen molar-refractivity contribution < 1.29 is 9.63 Å². The molecule has 1 aromatic heterocycles. The molecule has 1 rings (SSSR count). The van der Waals surface area contributed by atoms with Gasteiger partial charge < -0.3 is 10.6 Å². The minimum atomic E-state index is 0.0499. The lowest BCUT2D eigenvalue weighted by Crippen LogP contribution is -2.05. The van der Waals surface area contributed by atoms with Crippen LogP contribution in [0.4, 0.5) is 5.13 Å². The molecule has 0 saturated carbocycles. The lowest BCUT2D eigenvalue weighted by atomic mass is 10.3. The number of aldehydes is 1. The van der Waals surface area contributed by atoms with E-state index in [0.717, 1.165) is 0 Å². The maximum atomic E-state index is 10.7. The molecule has 8 nitrogen and oxygen atoms in total. The molecule has 0 saturated heterocycles. The van der Waals surface area contributed by atoms with Gasteiger partial charge in [-0.15, -0.1) is 11.3 Å². The molecule has 1 heterocycles. The van der Waals surface area contributed by atoms with Gasteiger partial charge in [0.2, 0.25) is 0 Å². The van der Waals surface area contributed by atoms with Crippen LogP contribution in [0, 0.1) is 0 Å². The monoisotopic (exact) mass is 240 g/mol. The molecule has 0 aromatic carbocycles. The van der Waals surface area contributed by atoms with Gasteiger partial charge in [0.05, 0.1) is 6.54 Å². The molecule has 0 aliphatic rings. The highest BCUT2D eigenvalue weighted by Crippen LogP contribution is 2.11. The summed E-state index contributed by atoms with van der Waals surface area (Å²) in [6.45, 7) is 0.242. The minimum Gasteiger partial charge on any atom is -0.395 e. The predicted octanol–water partition coefficient (Wildman–Crippen LogP) is 0.955. The maximum absolute atomic E-state index is 10.7. The molecule has 1 aromatic rings. The number of nitrogens with two attached hydrogens (primary N) is 1. The van der Waals surface area contributed by atoms with Gasteiger partial charge in [0.15, 0.2) is 17.1 Å². The normalized spacial score (nSPS) is 10.6. The van der Waals surface area contributed by atoms with Crippen LogP contribution in [-0.2, 0) is 9.63 Å². The standard InChI is InChI=1S/C7H8N6O2S/c8-7-11-6(4-16-7)5(3-14)12-15-2-1-10-13-9/h3-4H,1-2H2,(H2,8,11). The predicted molar refractivity (Wildman–Crippen MR) is 59.1 cm³/mol. The SMILES string of the molecule is [N-]=[N+]=NCCON=C(C=O)c1csc(N)n1. The summed E-state index contributed by atoms with van der Waals surface area (Å²) in [5.74, 6) is 0. The van der Waals surface area contributed by atoms with Gasteiger partial charge in [-0.05, 0) is 5.53 Å². The first-order chi connectivity index (χ1) is 7.77. The summed E-state index contributed by atoms with van der Waals surface area (Å²) in [6.07, 6.45) is 0.516. The number of nitrogens with zero attached hydrogens (tertiary/aromatic N) is 5. The van der Waals surface area contributed by atoms with Gasteiger partial charge in [-0.25, -0.2) is 4.98 Å². The number of oxime groups is 1. The van der Waals surface area contributed by atoms with E-state index in [-0.39, 0.29) is 18.9 Å². The molecule has 0 amide bonds. The Morgan fingerprint density at radius 2 is 2.62 bits per heavy atom. The third-order valence-electron chi connectivity index (χ3n) is 1.40. The molecule has 0 unspecified atom stereocenters. The summed E-state index contributed by atoms with van der Waals surface area (Å²) in [7, 11) is 0. The Kier molecular flexibility index (Phi) is 4.77. The third-order valence-corrected chi connectivity index (χ3v) is 2.08. The lowest BCUT2D eigenvalue weighted by Gasteiger charge is -1.96. The first-order valence-corrected chi connectivity index (χ1v) is 5.03. The van der Waals surface area contributed by atoms with Gasteiger partial charge in [0.1, 0.15) is 12.3 Å². The molecule has 2 N–H and O–H groups in total. The average molecular weight is 240 g/mol. The second kappa shape index (κ2) is 6.38. The van der Waals surface area contributed by atoms with Crippen LogP contribution in [0.3, 0.4) is 0 Å². The largest absolute Gasteiger partial charge is 0.395 e. The highest BCUT2D eigenvalue weighted by atomic mass is 32.1. The quantitative estimate of drug-likeness (QED) is 0.151. The highest BCUT2D eigenvalue weighted by Gasteiger charge is 2.07. The minimum absolute atomic E-state index is 0.0499. The van der Waals surface area contributed by atoms with E-state index in [1.54, 1.807) is 5.38 Å². The van der Waals surface area contributed by atoms with Crippen molar-refractivity contribution in [1.29, 1.82) is 0 Å². The molecule has 0 fully saturated rings. The van der Waals surface area contributed by atoms with Crippen molar-refractivity contribution in [3.8, 4) is 0 Å². The number of carbonyl (C=O) groups excluding carboxylic acids is 1. The van der Waals surface area contributed by atoms with E-state index < -0.39 is 0 Å². The number of carbonyl (C=O) groups is 1. The van der Waals surface area contributed by atoms with Gasteiger partial charge in [0, 0.05) is 10.3 Å². The maximum Gasteiger partial charge on any atom is 0.180 e. The summed E-state index contributed by atoms with van der Waals surface area (Å²) >= 11 is 1.20. The number of azide groups is 1. The first-order valence-electron chi connectivity index (χ1n) is 4.15. The molecule has 0 spiro atoms. The third kappa shape index (κ3) is 3.56. The molecule has 16 heavy (non-hydrogen) atoms. The van der Waals surface area contributed by atoms with Crippen LogP contribution in [0.1, 0.15) is 5.69 Å². The molecule has 0 radical (unpaired) electrons. The lowest BCUT2D eigenvalue weighted by molar-refractivity contribution is -0.102. The number of rotatable bonds is 6. The van der Waals surface area contributed by atoms with Crippen LogP contribution < -0.4 is 5.73 Å². The van der Waals surface area contributed by atoms with Crippen molar-refractivity contribution >= 4 is 28.5 Å². The Morgan fingerprint density at radius 1 is 1.81 bits per heavy atom. The van der Waals surface area contributed by atoms with Gasteiger partial charge in [-0.1, -0.05) is 10.3 Å². The van der Waals surface area contributed by atoms with E-state index in [1.165, 1.54) is 11.3 Å². The van der Waals surface area contributed by atoms with Crippen molar-refractivity contribution in [1.82, 2.24) is 4.98 Å². The van der Waals surface area contributed by atoms with Crippen LogP contribution >= 0.6 is 11.3 Å². The summed E-state index contributed by atoms with van der Waals surface area (Å²) < 4.78 is 0. The average Bonchev–Trinajstić information content (AvgIpc) is 2.70. The fourth-order valence-corrected chi connectivity index (χ4v) is 1.33. The summed E-state index contributed by atoms with van der Waals surface area (Å²) in [5, 5.41) is 8.73. The Balaban J connectivity index is 2.57. The van der Waals surface area contributed by atoms with Crippen LogP contribution in [-0.4, -0.2) is 30.1 Å². The molecule has 0 bridgehead atoms. The van der Waals surface area contributed by atoms with Crippen LogP contribution in [0.5, 0.6) is 0 Å². The Hall–Kier alpha value is -2.12. The summed E-state index contributed by atoms with van der Waals surface area (Å²) in [4.78, 5) is 21.8. The topological polar surface area (TPSA) is 126 Å². The van der Waals surface area contributed by atoms with Crippen molar-refractivity contribution in [2.24, 2.45) is 10.3 Å². The van der Waals surface area contributed by atoms with E-state index in [1.807, 2.05) is 0 Å². The van der Waals surface area contributed by atoms with Crippen LogP contribution in [0.25, 0.3) is 10.4 Å². The van der Waals surface area contributed by atoms with E-state index in [2.05, 4.69) is 20.2 Å². The number of nitrogen functional groups attached to an aromatic ring is 1. The molecule has 84 valence electrons. The van der Waals surface area contributed by atoms with Gasteiger partial charge in [-0.3, -0.25) is 4.79 Å². The zero-order valence-corrected chi connectivity index (χ0v) is 8.92. The van der Waals surface area contributed by atoms with E-state index >= 15 is 0 Å². The summed E-state index contributed by atoms with van der Waals surface area (Å²) in [6, 6.07) is 0. The Morgan fingerprint density at radius 3 is 3.19 bits per heavy atom. The fraction of sp³-hybridized carbons (Fsp3) is 0.286. The van der Waals surface area contributed by atoms with E-state index in [0.29, 0.717) is 17.1 Å². The number of hydrogen-bond acceptors (Lipinski definition) is 7. The zero-order chi connectivity index (χ0) is 11.8. The number of aromatic nitrogens is 1. The number of thiazole rings is 1. The second-order valence-corrected chi connectivity index (χ2v) is 3.34. The second-order valence-electron chi connectivity index (χ2n) is 2.45. The van der Waals surface area contributed by atoms with Crippen LogP contribution in [0.2, 0.25) is 0 Å². The van der Waals surface area contributed by atoms with Crippen molar-refractivity contribution in [3.05, 3.63) is 21.5 Å². The van der Waals surface area contributed by atoms with Gasteiger partial charge in [-0.2, -0.15) is 0 Å². The molecule has 0 atom stereocenters. The van der Waals surface area contributed by atoms with E-state index in [9.17, 15) is 4.79 Å². The van der Waals surface area contributed by atoms with Crippen molar-refractivity contribution in [2.45, 2.75) is 0 Å². The fourth-order valence-electron chi connectivity index (χ4n) is 0.775. The van der Waals surface area contributed by atoms with Crippen LogP contribution in [0.15, 0.2) is 15.7 Å². The zero-order valence-electron chi connectivity index (χ0n) is 8.11. The van der Waals surface area contributed by atoms with Gasteiger partial charge >= 0.3 is 0 Å². The Bertz CT molecular complexity index is 436. The van der Waals surface area contributed by atoms with Crippen molar-refractivity contribution in [3.63, 3.8) is 0 Å². The molecule has 9 heteroatoms. The Labute approximate surface area is 94.3 Å². The van der Waals surface area contributed by atoms with Crippen molar-refractivity contribution in [2.75, 3.05) is 18.9 Å². The first kappa shape index (κ1) is 12.0. The highest BCUT2D eigenvalue weighted by molar-refractivity contribution is 7.13. The molecule has 0 aliphatic carbocycles. The smallest absolute Gasteiger partial charge is 0.180 e. The van der Waals surface area contributed by atoms with E-state index in [4.69, 9.17) is 16.1 Å².